The lowest BCUT2D eigenvalue weighted by Crippen LogP contribution is -2.42. The number of aryl methyl sites for hydroxylation is 2. The fourth-order valence-corrected chi connectivity index (χ4v) is 3.73. The third-order valence-corrected chi connectivity index (χ3v) is 5.36. The molecule has 0 aliphatic carbocycles. The molecule has 160 valence electrons. The van der Waals surface area contributed by atoms with Gasteiger partial charge in [-0.3, -0.25) is 19.0 Å². The Kier molecular flexibility index (Phi) is 5.70. The van der Waals surface area contributed by atoms with Crippen molar-refractivity contribution in [2.45, 2.75) is 26.3 Å². The van der Waals surface area contributed by atoms with E-state index < -0.39 is 0 Å². The van der Waals surface area contributed by atoms with Gasteiger partial charge in [-0.15, -0.1) is 0 Å². The Morgan fingerprint density at radius 2 is 2.00 bits per heavy atom. The number of aromatic nitrogens is 2. The maximum atomic E-state index is 13.3. The Balaban J connectivity index is 1.71. The van der Waals surface area contributed by atoms with Crippen LogP contribution in [0, 0.1) is 6.92 Å². The van der Waals surface area contributed by atoms with E-state index in [0.717, 1.165) is 5.56 Å². The Morgan fingerprint density at radius 1 is 1.19 bits per heavy atom. The van der Waals surface area contributed by atoms with E-state index in [4.69, 9.17) is 4.74 Å². The Hall–Kier alpha value is -3.68. The number of para-hydroxylation sites is 2. The van der Waals surface area contributed by atoms with Crippen LogP contribution in [-0.4, -0.2) is 41.6 Å². The van der Waals surface area contributed by atoms with Crippen molar-refractivity contribution < 1.29 is 14.3 Å². The van der Waals surface area contributed by atoms with Crippen LogP contribution in [0.4, 0.5) is 5.69 Å². The molecule has 3 aromatic rings. The largest absolute Gasteiger partial charge is 0.490 e. The van der Waals surface area contributed by atoms with Crippen molar-refractivity contribution in [3.63, 3.8) is 0 Å². The average molecular weight is 420 g/mol. The van der Waals surface area contributed by atoms with E-state index in [1.54, 1.807) is 24.1 Å². The minimum absolute atomic E-state index is 0.123. The van der Waals surface area contributed by atoms with Crippen molar-refractivity contribution in [2.75, 3.05) is 25.1 Å². The molecule has 0 fully saturated rings. The van der Waals surface area contributed by atoms with Crippen LogP contribution in [0.5, 0.6) is 5.75 Å². The molecule has 8 heteroatoms. The van der Waals surface area contributed by atoms with E-state index >= 15 is 0 Å². The monoisotopic (exact) mass is 420 g/mol. The minimum Gasteiger partial charge on any atom is -0.490 e. The second kappa shape index (κ2) is 8.59. The Labute approximate surface area is 179 Å². The fraction of sp³-hybridized carbons (Fsp3) is 0.304. The molecule has 0 saturated heterocycles. The molecule has 31 heavy (non-hydrogen) atoms. The van der Waals surface area contributed by atoms with Gasteiger partial charge in [0.05, 0.1) is 23.3 Å². The van der Waals surface area contributed by atoms with Crippen LogP contribution in [0.15, 0.2) is 47.3 Å². The summed E-state index contributed by atoms with van der Waals surface area (Å²) in [6.45, 7) is 2.64. The van der Waals surface area contributed by atoms with E-state index in [-0.39, 0.29) is 42.5 Å². The summed E-state index contributed by atoms with van der Waals surface area (Å²) < 4.78 is 7.13. The highest BCUT2D eigenvalue weighted by atomic mass is 16.5. The number of nitrogens with zero attached hydrogens (tertiary/aromatic N) is 3. The predicted octanol–water partition coefficient (Wildman–Crippen LogP) is 1.81. The van der Waals surface area contributed by atoms with Crippen LogP contribution < -0.4 is 20.5 Å². The number of hydrogen-bond donors (Lipinski definition) is 1. The van der Waals surface area contributed by atoms with E-state index in [1.807, 2.05) is 37.3 Å². The molecule has 0 bridgehead atoms. The maximum Gasteiger partial charge on any atom is 0.273 e. The first-order valence-electron chi connectivity index (χ1n) is 10.2. The first kappa shape index (κ1) is 20.6. The number of rotatable bonds is 5. The number of carbonyl (C=O) groups is 2. The van der Waals surface area contributed by atoms with Crippen molar-refractivity contribution in [3.05, 3.63) is 64.1 Å². The number of ether oxygens (including phenoxy) is 1. The Bertz CT molecular complexity index is 1220. The highest BCUT2D eigenvalue weighted by molar-refractivity contribution is 5.96. The van der Waals surface area contributed by atoms with Crippen LogP contribution in [0.2, 0.25) is 0 Å². The molecule has 0 spiro atoms. The summed E-state index contributed by atoms with van der Waals surface area (Å²) in [5.74, 6) is 0.284. The number of benzene rings is 2. The summed E-state index contributed by atoms with van der Waals surface area (Å²) in [7, 11) is 1.55. The average Bonchev–Trinajstić information content (AvgIpc) is 2.78. The molecule has 0 unspecified atom stereocenters. The number of anilines is 1. The van der Waals surface area contributed by atoms with Gasteiger partial charge in [-0.25, -0.2) is 4.98 Å². The summed E-state index contributed by atoms with van der Waals surface area (Å²) in [5.41, 5.74) is 2.84. The van der Waals surface area contributed by atoms with Crippen LogP contribution in [0.3, 0.4) is 0 Å². The molecule has 1 aliphatic heterocycles. The molecule has 1 aliphatic rings. The minimum atomic E-state index is -0.353. The lowest BCUT2D eigenvalue weighted by atomic mass is 10.1. The summed E-state index contributed by atoms with van der Waals surface area (Å²) >= 11 is 0. The molecule has 0 radical (unpaired) electrons. The van der Waals surface area contributed by atoms with E-state index in [1.165, 1.54) is 4.57 Å². The van der Waals surface area contributed by atoms with Gasteiger partial charge in [0.2, 0.25) is 11.8 Å². The van der Waals surface area contributed by atoms with Gasteiger partial charge < -0.3 is 15.0 Å². The number of amides is 2. The van der Waals surface area contributed by atoms with Crippen molar-refractivity contribution in [2.24, 2.45) is 0 Å². The number of carbonyl (C=O) groups excluding carboxylic acids is 2. The maximum absolute atomic E-state index is 13.3. The zero-order valence-corrected chi connectivity index (χ0v) is 17.6. The summed E-state index contributed by atoms with van der Waals surface area (Å²) in [4.78, 5) is 44.2. The van der Waals surface area contributed by atoms with Crippen LogP contribution >= 0.6 is 0 Å². The zero-order valence-electron chi connectivity index (χ0n) is 17.6. The van der Waals surface area contributed by atoms with Crippen molar-refractivity contribution >= 4 is 28.5 Å². The van der Waals surface area contributed by atoms with E-state index in [0.29, 0.717) is 35.6 Å². The first-order valence-corrected chi connectivity index (χ1v) is 10.2. The summed E-state index contributed by atoms with van der Waals surface area (Å²) in [6.07, 6.45) is 0.359. The molecule has 0 atom stereocenters. The van der Waals surface area contributed by atoms with Gasteiger partial charge in [-0.2, -0.15) is 0 Å². The smallest absolute Gasteiger partial charge is 0.273 e. The van der Waals surface area contributed by atoms with Crippen molar-refractivity contribution in [1.29, 1.82) is 0 Å². The molecular weight excluding hydrogens is 396 g/mol. The normalized spacial score (nSPS) is 12.9. The Morgan fingerprint density at radius 3 is 2.81 bits per heavy atom. The second-order valence-corrected chi connectivity index (χ2v) is 7.48. The lowest BCUT2D eigenvalue weighted by molar-refractivity contribution is -0.121. The molecule has 1 aromatic heterocycles. The molecule has 8 nitrogen and oxygen atoms in total. The van der Waals surface area contributed by atoms with Crippen LogP contribution in [-0.2, 0) is 22.6 Å². The van der Waals surface area contributed by atoms with Crippen molar-refractivity contribution in [3.8, 4) is 5.75 Å². The van der Waals surface area contributed by atoms with Gasteiger partial charge >= 0.3 is 0 Å². The molecule has 1 N–H and O–H groups in total. The van der Waals surface area contributed by atoms with Gasteiger partial charge in [0.1, 0.15) is 24.6 Å². The van der Waals surface area contributed by atoms with Gasteiger partial charge in [0.25, 0.3) is 5.56 Å². The topological polar surface area (TPSA) is 93.5 Å². The second-order valence-electron chi connectivity index (χ2n) is 7.48. The third-order valence-electron chi connectivity index (χ3n) is 5.36. The molecular formula is C23H24N4O4. The summed E-state index contributed by atoms with van der Waals surface area (Å²) in [5, 5.41) is 2.55. The van der Waals surface area contributed by atoms with Crippen molar-refractivity contribution in [1.82, 2.24) is 14.9 Å². The molecule has 2 aromatic carbocycles. The standard InChI is InChI=1S/C23H24N4O4/c1-15-7-9-20-19(13-15)26(11-12-31-20)22(29)14-27-18-6-4-3-5-16(18)25-17(23(27)30)8-10-21(28)24-2/h3-7,9,13H,8,10-12,14H2,1-2H3,(H,24,28). The van der Waals surface area contributed by atoms with E-state index in [2.05, 4.69) is 10.3 Å². The lowest BCUT2D eigenvalue weighted by Gasteiger charge is -2.30. The predicted molar refractivity (Wildman–Crippen MR) is 117 cm³/mol. The van der Waals surface area contributed by atoms with Gasteiger partial charge in [0.15, 0.2) is 0 Å². The number of fused-ring (bicyclic) bond motifs is 2. The van der Waals surface area contributed by atoms with Gasteiger partial charge in [-0.1, -0.05) is 18.2 Å². The SMILES string of the molecule is CNC(=O)CCc1nc2ccccc2n(CC(=O)N2CCOc3ccc(C)cc32)c1=O. The third kappa shape index (κ3) is 4.14. The zero-order chi connectivity index (χ0) is 22.0. The number of hydrogen-bond acceptors (Lipinski definition) is 5. The van der Waals surface area contributed by atoms with Gasteiger partial charge in [-0.05, 0) is 36.8 Å². The van der Waals surface area contributed by atoms with E-state index in [9.17, 15) is 14.4 Å². The molecule has 0 saturated carbocycles. The quantitative estimate of drug-likeness (QED) is 0.680. The first-order chi connectivity index (χ1) is 15.0. The van der Waals surface area contributed by atoms with Crippen LogP contribution in [0.1, 0.15) is 17.7 Å². The van der Waals surface area contributed by atoms with Gasteiger partial charge in [0, 0.05) is 19.9 Å². The molecule has 4 rings (SSSR count). The fourth-order valence-electron chi connectivity index (χ4n) is 3.73. The highest BCUT2D eigenvalue weighted by Gasteiger charge is 2.25. The molecule has 2 amide bonds. The summed E-state index contributed by atoms with van der Waals surface area (Å²) in [6, 6.07) is 12.9. The molecule has 2 heterocycles. The number of nitrogens with one attached hydrogen (secondary N) is 1. The highest BCUT2D eigenvalue weighted by Crippen LogP contribution is 2.32. The van der Waals surface area contributed by atoms with Crippen LogP contribution in [0.25, 0.3) is 11.0 Å².